The van der Waals surface area contributed by atoms with Crippen LogP contribution in [0.3, 0.4) is 0 Å². The summed E-state index contributed by atoms with van der Waals surface area (Å²) in [5.74, 6) is 0.914. The van der Waals surface area contributed by atoms with Gasteiger partial charge in [-0.05, 0) is 44.6 Å². The second kappa shape index (κ2) is 8.12. The van der Waals surface area contributed by atoms with Crippen molar-refractivity contribution in [2.45, 2.75) is 64.3 Å². The molecule has 0 aliphatic heterocycles. The van der Waals surface area contributed by atoms with Crippen LogP contribution in [0, 0.1) is 5.92 Å². The number of aliphatic hydroxyl groups is 1. The summed E-state index contributed by atoms with van der Waals surface area (Å²) in [5.41, 5.74) is 0. The number of nitrogens with one attached hydrogen (secondary N) is 1. The Bertz CT molecular complexity index is 149. The van der Waals surface area contributed by atoms with E-state index in [2.05, 4.69) is 12.2 Å². The molecule has 1 saturated carbocycles. The molecule has 0 aromatic rings. The van der Waals surface area contributed by atoms with Crippen molar-refractivity contribution in [3.8, 4) is 0 Å². The molecule has 0 spiro atoms. The Balaban J connectivity index is 2.07. The Morgan fingerprint density at radius 2 is 1.93 bits per heavy atom. The van der Waals surface area contributed by atoms with Crippen LogP contribution < -0.4 is 5.32 Å². The summed E-state index contributed by atoms with van der Waals surface area (Å²) in [5, 5.41) is 12.4. The van der Waals surface area contributed by atoms with Gasteiger partial charge >= 0.3 is 0 Å². The molecule has 0 saturated heterocycles. The van der Waals surface area contributed by atoms with Crippen LogP contribution in [-0.4, -0.2) is 24.3 Å². The second-order valence-electron chi connectivity index (χ2n) is 4.80. The highest BCUT2D eigenvalue weighted by atomic mass is 16.2. The van der Waals surface area contributed by atoms with Gasteiger partial charge in [0.15, 0.2) is 0 Å². The van der Waals surface area contributed by atoms with E-state index >= 15 is 0 Å². The van der Waals surface area contributed by atoms with Crippen molar-refractivity contribution in [2.75, 3.05) is 13.2 Å². The predicted octanol–water partition coefficient (Wildman–Crippen LogP) is 2.71. The minimum Gasteiger partial charge on any atom is -0.396 e. The van der Waals surface area contributed by atoms with Crippen LogP contribution in [0.5, 0.6) is 0 Å². The third-order valence-corrected chi connectivity index (χ3v) is 3.67. The molecule has 0 aromatic heterocycles. The minimum atomic E-state index is 0.348. The second-order valence-corrected chi connectivity index (χ2v) is 4.80. The smallest absolute Gasteiger partial charge is 0.0431 e. The van der Waals surface area contributed by atoms with Crippen molar-refractivity contribution in [3.05, 3.63) is 0 Å². The minimum absolute atomic E-state index is 0.348. The van der Waals surface area contributed by atoms with E-state index in [1.807, 2.05) is 0 Å². The summed E-state index contributed by atoms with van der Waals surface area (Å²) in [7, 11) is 0. The molecule has 1 aliphatic carbocycles. The topological polar surface area (TPSA) is 32.3 Å². The van der Waals surface area contributed by atoms with E-state index in [9.17, 15) is 0 Å². The fourth-order valence-corrected chi connectivity index (χ4v) is 2.67. The zero-order chi connectivity index (χ0) is 10.9. The van der Waals surface area contributed by atoms with Gasteiger partial charge in [-0.2, -0.15) is 0 Å². The van der Waals surface area contributed by atoms with Crippen molar-refractivity contribution < 1.29 is 5.11 Å². The molecule has 2 atom stereocenters. The SMILES string of the molecule is CCC1CCCCC1NCCCCCO. The molecule has 1 aliphatic rings. The Morgan fingerprint density at radius 3 is 2.67 bits per heavy atom. The average molecular weight is 213 g/mol. The van der Waals surface area contributed by atoms with Gasteiger partial charge < -0.3 is 10.4 Å². The van der Waals surface area contributed by atoms with Crippen molar-refractivity contribution >= 4 is 0 Å². The molecular weight excluding hydrogens is 186 g/mol. The Morgan fingerprint density at radius 1 is 1.13 bits per heavy atom. The lowest BCUT2D eigenvalue weighted by Crippen LogP contribution is -2.38. The highest BCUT2D eigenvalue weighted by Crippen LogP contribution is 2.26. The quantitative estimate of drug-likeness (QED) is 0.637. The zero-order valence-electron chi connectivity index (χ0n) is 10.2. The molecule has 90 valence electrons. The van der Waals surface area contributed by atoms with E-state index in [4.69, 9.17) is 5.11 Å². The summed E-state index contributed by atoms with van der Waals surface area (Å²) in [6.45, 7) is 3.80. The van der Waals surface area contributed by atoms with Crippen LogP contribution in [0.2, 0.25) is 0 Å². The molecule has 0 heterocycles. The van der Waals surface area contributed by atoms with E-state index in [1.165, 1.54) is 38.5 Å². The van der Waals surface area contributed by atoms with Crippen molar-refractivity contribution in [3.63, 3.8) is 0 Å². The Hall–Kier alpha value is -0.0800. The van der Waals surface area contributed by atoms with Crippen LogP contribution in [0.15, 0.2) is 0 Å². The van der Waals surface area contributed by atoms with Gasteiger partial charge in [-0.25, -0.2) is 0 Å². The van der Waals surface area contributed by atoms with Gasteiger partial charge in [0, 0.05) is 12.6 Å². The fourth-order valence-electron chi connectivity index (χ4n) is 2.67. The zero-order valence-corrected chi connectivity index (χ0v) is 10.2. The molecule has 0 aromatic carbocycles. The van der Waals surface area contributed by atoms with Gasteiger partial charge in [-0.3, -0.25) is 0 Å². The Kier molecular flexibility index (Phi) is 7.03. The van der Waals surface area contributed by atoms with Gasteiger partial charge in [0.1, 0.15) is 0 Å². The standard InChI is InChI=1S/C13H27NO/c1-2-12-8-4-5-9-13(12)14-10-6-3-7-11-15/h12-15H,2-11H2,1H3. The molecule has 1 fully saturated rings. The predicted molar refractivity (Wildman–Crippen MR) is 65.0 cm³/mol. The molecule has 0 bridgehead atoms. The van der Waals surface area contributed by atoms with Gasteiger partial charge in [0.2, 0.25) is 0 Å². The summed E-state index contributed by atoms with van der Waals surface area (Å²) < 4.78 is 0. The first-order chi connectivity index (χ1) is 7.38. The lowest BCUT2D eigenvalue weighted by Gasteiger charge is -2.31. The first kappa shape index (κ1) is 13.0. The summed E-state index contributed by atoms with van der Waals surface area (Å²) in [4.78, 5) is 0. The van der Waals surface area contributed by atoms with Gasteiger partial charge in [-0.15, -0.1) is 0 Å². The third-order valence-electron chi connectivity index (χ3n) is 3.67. The molecule has 2 nitrogen and oxygen atoms in total. The molecule has 0 amide bonds. The average Bonchev–Trinajstić information content (AvgIpc) is 2.29. The van der Waals surface area contributed by atoms with Crippen LogP contribution in [0.4, 0.5) is 0 Å². The van der Waals surface area contributed by atoms with Crippen LogP contribution in [0.1, 0.15) is 58.3 Å². The molecular formula is C13H27NO. The molecule has 15 heavy (non-hydrogen) atoms. The monoisotopic (exact) mass is 213 g/mol. The van der Waals surface area contributed by atoms with Crippen LogP contribution in [-0.2, 0) is 0 Å². The van der Waals surface area contributed by atoms with E-state index < -0.39 is 0 Å². The normalized spacial score (nSPS) is 26.8. The van der Waals surface area contributed by atoms with Gasteiger partial charge in [-0.1, -0.05) is 26.2 Å². The maximum Gasteiger partial charge on any atom is 0.0431 e. The highest BCUT2D eigenvalue weighted by Gasteiger charge is 2.22. The van der Waals surface area contributed by atoms with E-state index in [1.54, 1.807) is 0 Å². The van der Waals surface area contributed by atoms with Crippen LogP contribution in [0.25, 0.3) is 0 Å². The van der Waals surface area contributed by atoms with Crippen LogP contribution >= 0.6 is 0 Å². The first-order valence-corrected chi connectivity index (χ1v) is 6.72. The lowest BCUT2D eigenvalue weighted by atomic mass is 9.83. The highest BCUT2D eigenvalue weighted by molar-refractivity contribution is 4.79. The number of aliphatic hydroxyl groups excluding tert-OH is 1. The number of rotatable bonds is 7. The summed E-state index contributed by atoms with van der Waals surface area (Å²) >= 11 is 0. The maximum absolute atomic E-state index is 8.67. The maximum atomic E-state index is 8.67. The molecule has 2 unspecified atom stereocenters. The van der Waals surface area contributed by atoms with Crippen molar-refractivity contribution in [1.82, 2.24) is 5.32 Å². The number of hydrogen-bond donors (Lipinski definition) is 2. The van der Waals surface area contributed by atoms with Crippen molar-refractivity contribution in [1.29, 1.82) is 0 Å². The van der Waals surface area contributed by atoms with E-state index in [0.717, 1.165) is 31.3 Å². The summed E-state index contributed by atoms with van der Waals surface area (Å²) in [6.07, 6.45) is 10.3. The van der Waals surface area contributed by atoms with Crippen molar-refractivity contribution in [2.24, 2.45) is 5.92 Å². The largest absolute Gasteiger partial charge is 0.396 e. The number of hydrogen-bond acceptors (Lipinski definition) is 2. The molecule has 2 heteroatoms. The van der Waals surface area contributed by atoms with E-state index in [0.29, 0.717) is 6.61 Å². The van der Waals surface area contributed by atoms with Gasteiger partial charge in [0.25, 0.3) is 0 Å². The Labute approximate surface area is 94.5 Å². The molecule has 1 rings (SSSR count). The lowest BCUT2D eigenvalue weighted by molar-refractivity contribution is 0.251. The summed E-state index contributed by atoms with van der Waals surface area (Å²) in [6, 6.07) is 0.776. The number of unbranched alkanes of at least 4 members (excludes halogenated alkanes) is 2. The van der Waals surface area contributed by atoms with E-state index in [-0.39, 0.29) is 0 Å². The first-order valence-electron chi connectivity index (χ1n) is 6.72. The third kappa shape index (κ3) is 4.98. The van der Waals surface area contributed by atoms with Gasteiger partial charge in [0.05, 0.1) is 0 Å². The molecule has 2 N–H and O–H groups in total. The fraction of sp³-hybridized carbons (Fsp3) is 1.00. The molecule has 0 radical (unpaired) electrons.